The molecule has 1 N–H and O–H groups in total. The Kier molecular flexibility index (Phi) is 3.79. The van der Waals surface area contributed by atoms with Crippen LogP contribution in [0.2, 0.25) is 0 Å². The maximum atomic E-state index is 12.8. The summed E-state index contributed by atoms with van der Waals surface area (Å²) in [6.07, 6.45) is 7.30. The number of aliphatic hydroxyl groups is 1. The van der Waals surface area contributed by atoms with E-state index in [0.29, 0.717) is 12.5 Å². The molecule has 1 saturated carbocycles. The molecule has 0 aromatic carbocycles. The van der Waals surface area contributed by atoms with Crippen LogP contribution in [-0.4, -0.2) is 72.4 Å². The second kappa shape index (κ2) is 5.42. The maximum absolute atomic E-state index is 12.8. The Labute approximate surface area is 145 Å². The van der Waals surface area contributed by atoms with Gasteiger partial charge in [0.25, 0.3) is 0 Å². The van der Waals surface area contributed by atoms with Crippen LogP contribution in [0.4, 0.5) is 0 Å². The molecular formula is C19H32N2O3. The first-order valence-electron chi connectivity index (χ1n) is 9.69. The van der Waals surface area contributed by atoms with Crippen molar-refractivity contribution >= 4 is 5.97 Å². The number of ether oxygens (including phenoxy) is 1. The monoisotopic (exact) mass is 336 g/mol. The molecule has 4 rings (SSSR count). The standard InChI is InChI=1S/C19H32N2O3/c1-4-17-7-5-10-21-11-6-8-18(14(17)21)9-12-20(2)15(18)19(23,13-17)16(22)24-3/h14-15,23H,4-13H2,1-3H3/t14-,15-,17+,18+,19-/m1/s1. The number of carbonyl (C=O) groups excluding carboxylic acids is 1. The zero-order valence-corrected chi connectivity index (χ0v) is 15.4. The van der Waals surface area contributed by atoms with Crippen LogP contribution in [0.1, 0.15) is 51.9 Å². The predicted molar refractivity (Wildman–Crippen MR) is 91.6 cm³/mol. The first-order valence-corrected chi connectivity index (χ1v) is 9.69. The van der Waals surface area contributed by atoms with Crippen LogP contribution in [0, 0.1) is 10.8 Å². The number of esters is 1. The molecule has 1 aliphatic carbocycles. The second-order valence-electron chi connectivity index (χ2n) is 8.82. The summed E-state index contributed by atoms with van der Waals surface area (Å²) < 4.78 is 5.12. The van der Waals surface area contributed by atoms with E-state index in [0.717, 1.165) is 32.2 Å². The van der Waals surface area contributed by atoms with Crippen molar-refractivity contribution in [3.05, 3.63) is 0 Å². The van der Waals surface area contributed by atoms with E-state index < -0.39 is 11.6 Å². The number of hydrogen-bond acceptors (Lipinski definition) is 5. The Bertz CT molecular complexity index is 535. The second-order valence-corrected chi connectivity index (χ2v) is 8.82. The van der Waals surface area contributed by atoms with Gasteiger partial charge in [-0.2, -0.15) is 0 Å². The summed E-state index contributed by atoms with van der Waals surface area (Å²) in [5, 5.41) is 11.7. The molecule has 136 valence electrons. The lowest BCUT2D eigenvalue weighted by atomic mass is 9.46. The summed E-state index contributed by atoms with van der Waals surface area (Å²) in [5.74, 6) is -0.422. The molecule has 0 bridgehead atoms. The number of hydrogen-bond donors (Lipinski definition) is 1. The number of piperidine rings is 2. The van der Waals surface area contributed by atoms with Crippen molar-refractivity contribution in [2.24, 2.45) is 10.8 Å². The quantitative estimate of drug-likeness (QED) is 0.777. The molecule has 4 aliphatic rings. The molecule has 3 aliphatic heterocycles. The summed E-state index contributed by atoms with van der Waals surface area (Å²) in [6.45, 7) is 5.58. The van der Waals surface area contributed by atoms with Gasteiger partial charge in [0.15, 0.2) is 5.60 Å². The van der Waals surface area contributed by atoms with E-state index in [-0.39, 0.29) is 16.9 Å². The van der Waals surface area contributed by atoms with Gasteiger partial charge >= 0.3 is 5.97 Å². The van der Waals surface area contributed by atoms with Crippen LogP contribution >= 0.6 is 0 Å². The average molecular weight is 336 g/mol. The Balaban J connectivity index is 1.89. The Hall–Kier alpha value is -0.650. The lowest BCUT2D eigenvalue weighted by molar-refractivity contribution is -0.227. The Morgan fingerprint density at radius 3 is 2.54 bits per heavy atom. The van der Waals surface area contributed by atoms with Gasteiger partial charge in [0.2, 0.25) is 0 Å². The number of carbonyl (C=O) groups is 1. The van der Waals surface area contributed by atoms with Crippen molar-refractivity contribution < 1.29 is 14.6 Å². The van der Waals surface area contributed by atoms with Gasteiger partial charge in [-0.15, -0.1) is 0 Å². The first-order chi connectivity index (χ1) is 11.4. The van der Waals surface area contributed by atoms with E-state index in [1.165, 1.54) is 33.0 Å². The van der Waals surface area contributed by atoms with Gasteiger partial charge in [0.1, 0.15) is 0 Å². The van der Waals surface area contributed by atoms with Crippen molar-refractivity contribution in [3.63, 3.8) is 0 Å². The molecule has 0 aromatic heterocycles. The zero-order valence-electron chi connectivity index (χ0n) is 15.4. The minimum absolute atomic E-state index is 0.0324. The molecule has 5 nitrogen and oxygen atoms in total. The van der Waals surface area contributed by atoms with E-state index in [9.17, 15) is 9.90 Å². The fourth-order valence-corrected chi connectivity index (χ4v) is 7.40. The fourth-order valence-electron chi connectivity index (χ4n) is 7.40. The summed E-state index contributed by atoms with van der Waals surface area (Å²) in [4.78, 5) is 17.7. The van der Waals surface area contributed by atoms with E-state index in [4.69, 9.17) is 4.74 Å². The number of likely N-dealkylation sites (N-methyl/N-ethyl adjacent to an activating group) is 1. The van der Waals surface area contributed by atoms with Crippen molar-refractivity contribution in [2.75, 3.05) is 33.8 Å². The molecule has 4 fully saturated rings. The van der Waals surface area contributed by atoms with E-state index >= 15 is 0 Å². The molecule has 24 heavy (non-hydrogen) atoms. The molecular weight excluding hydrogens is 304 g/mol. The molecule has 5 atom stereocenters. The van der Waals surface area contributed by atoms with Gasteiger partial charge in [0, 0.05) is 11.5 Å². The van der Waals surface area contributed by atoms with Gasteiger partial charge in [-0.25, -0.2) is 4.79 Å². The third-order valence-electron chi connectivity index (χ3n) is 7.93. The van der Waals surface area contributed by atoms with Gasteiger partial charge in [0.05, 0.1) is 13.2 Å². The maximum Gasteiger partial charge on any atom is 0.339 e. The summed E-state index contributed by atoms with van der Waals surface area (Å²) in [7, 11) is 3.49. The van der Waals surface area contributed by atoms with Crippen molar-refractivity contribution in [1.82, 2.24) is 9.80 Å². The average Bonchev–Trinajstić information content (AvgIpc) is 2.92. The fraction of sp³-hybridized carbons (Fsp3) is 0.947. The highest BCUT2D eigenvalue weighted by molar-refractivity contribution is 5.81. The van der Waals surface area contributed by atoms with Crippen LogP contribution in [0.3, 0.4) is 0 Å². The molecule has 0 radical (unpaired) electrons. The van der Waals surface area contributed by atoms with Gasteiger partial charge in [-0.3, -0.25) is 9.80 Å². The van der Waals surface area contributed by atoms with Crippen LogP contribution in [0.5, 0.6) is 0 Å². The normalized spacial score (nSPS) is 48.7. The van der Waals surface area contributed by atoms with E-state index in [1.54, 1.807) is 0 Å². The molecule has 1 spiro atoms. The topological polar surface area (TPSA) is 53.0 Å². The highest BCUT2D eigenvalue weighted by Gasteiger charge is 2.72. The van der Waals surface area contributed by atoms with Gasteiger partial charge in [-0.05, 0) is 77.0 Å². The minimum atomic E-state index is -1.37. The summed E-state index contributed by atoms with van der Waals surface area (Å²) >= 11 is 0. The van der Waals surface area contributed by atoms with E-state index in [1.807, 2.05) is 0 Å². The number of rotatable bonds is 2. The van der Waals surface area contributed by atoms with Crippen molar-refractivity contribution in [2.45, 2.75) is 69.6 Å². The van der Waals surface area contributed by atoms with Crippen LogP contribution in [0.15, 0.2) is 0 Å². The Morgan fingerprint density at radius 2 is 1.88 bits per heavy atom. The number of methoxy groups -OCH3 is 1. The summed E-state index contributed by atoms with van der Waals surface area (Å²) in [5.41, 5.74) is -1.29. The molecule has 5 heteroatoms. The van der Waals surface area contributed by atoms with Crippen LogP contribution in [-0.2, 0) is 9.53 Å². The van der Waals surface area contributed by atoms with Crippen LogP contribution < -0.4 is 0 Å². The molecule has 0 aromatic rings. The molecule has 3 heterocycles. The minimum Gasteiger partial charge on any atom is -0.467 e. The van der Waals surface area contributed by atoms with Crippen molar-refractivity contribution in [1.29, 1.82) is 0 Å². The molecule has 0 unspecified atom stereocenters. The predicted octanol–water partition coefficient (Wildman–Crippen LogP) is 1.64. The number of nitrogens with zero attached hydrogens (tertiary/aromatic N) is 2. The van der Waals surface area contributed by atoms with Gasteiger partial charge < -0.3 is 9.84 Å². The molecule has 3 saturated heterocycles. The first kappa shape index (κ1) is 16.8. The van der Waals surface area contributed by atoms with E-state index in [2.05, 4.69) is 23.8 Å². The van der Waals surface area contributed by atoms with Crippen LogP contribution in [0.25, 0.3) is 0 Å². The lowest BCUT2D eigenvalue weighted by Crippen LogP contribution is -2.76. The highest BCUT2D eigenvalue weighted by atomic mass is 16.5. The number of likely N-dealkylation sites (tertiary alicyclic amines) is 1. The summed E-state index contributed by atoms with van der Waals surface area (Å²) in [6, 6.07) is 0.403. The zero-order chi connectivity index (χ0) is 17.2. The lowest BCUT2D eigenvalue weighted by Gasteiger charge is -2.67. The smallest absolute Gasteiger partial charge is 0.339 e. The molecule has 0 amide bonds. The largest absolute Gasteiger partial charge is 0.467 e. The van der Waals surface area contributed by atoms with Crippen molar-refractivity contribution in [3.8, 4) is 0 Å². The SMILES string of the molecule is CC[C@]12CCCN3CCC[C@]4(CCN(C)[C@H]4[C@@](O)(C(=O)OC)C1)[C@H]32. The highest BCUT2D eigenvalue weighted by Crippen LogP contribution is 2.65. The third kappa shape index (κ3) is 1.89. The van der Waals surface area contributed by atoms with Gasteiger partial charge in [-0.1, -0.05) is 6.92 Å². The Morgan fingerprint density at radius 1 is 1.17 bits per heavy atom. The third-order valence-corrected chi connectivity index (χ3v) is 7.93.